The van der Waals surface area contributed by atoms with Gasteiger partial charge in [0.1, 0.15) is 5.75 Å². The molecule has 4 rings (SSSR count). The molecule has 3 aromatic carbocycles. The van der Waals surface area contributed by atoms with Gasteiger partial charge < -0.3 is 30.3 Å². The molecule has 35 heavy (non-hydrogen) atoms. The highest BCUT2D eigenvalue weighted by Gasteiger charge is 2.18. The van der Waals surface area contributed by atoms with Gasteiger partial charge in [-0.3, -0.25) is 4.79 Å². The van der Waals surface area contributed by atoms with Gasteiger partial charge in [-0.05, 0) is 55.0 Å². The van der Waals surface area contributed by atoms with E-state index in [2.05, 4.69) is 20.9 Å². The molecule has 0 radical (unpaired) electrons. The Balaban J connectivity index is 1.49. The predicted octanol–water partition coefficient (Wildman–Crippen LogP) is 4.41. The number of carbonyl (C=O) groups excluding carboxylic acids is 2. The lowest BCUT2D eigenvalue weighted by atomic mass is 10.1. The van der Waals surface area contributed by atoms with E-state index in [0.29, 0.717) is 49.8 Å². The van der Waals surface area contributed by atoms with Crippen molar-refractivity contribution in [2.24, 2.45) is 0 Å². The van der Waals surface area contributed by atoms with Crippen LogP contribution in [0.15, 0.2) is 66.7 Å². The van der Waals surface area contributed by atoms with Crippen molar-refractivity contribution in [2.75, 3.05) is 48.9 Å². The van der Waals surface area contributed by atoms with Gasteiger partial charge in [0.25, 0.3) is 5.91 Å². The van der Waals surface area contributed by atoms with Gasteiger partial charge in [0.15, 0.2) is 0 Å². The highest BCUT2D eigenvalue weighted by Crippen LogP contribution is 2.28. The van der Waals surface area contributed by atoms with E-state index in [9.17, 15) is 9.59 Å². The molecular weight excluding hydrogens is 444 g/mol. The molecule has 8 heteroatoms. The molecule has 3 N–H and O–H groups in total. The van der Waals surface area contributed by atoms with Gasteiger partial charge in [0, 0.05) is 30.9 Å². The molecule has 0 atom stereocenters. The number of morpholine rings is 1. The molecule has 182 valence electrons. The molecule has 1 aliphatic heterocycles. The lowest BCUT2D eigenvalue weighted by molar-refractivity contribution is 0.0951. The van der Waals surface area contributed by atoms with Crippen molar-refractivity contribution in [3.05, 3.63) is 83.4 Å². The van der Waals surface area contributed by atoms with E-state index in [-0.39, 0.29) is 11.9 Å². The number of methoxy groups -OCH3 is 1. The van der Waals surface area contributed by atoms with Gasteiger partial charge in [-0.2, -0.15) is 0 Å². The van der Waals surface area contributed by atoms with Gasteiger partial charge in [-0.25, -0.2) is 4.79 Å². The molecule has 1 fully saturated rings. The minimum absolute atomic E-state index is 0.226. The van der Waals surface area contributed by atoms with Crippen LogP contribution in [0.1, 0.15) is 21.5 Å². The highest BCUT2D eigenvalue weighted by atomic mass is 16.5. The fraction of sp³-hybridized carbons (Fsp3) is 0.259. The van der Waals surface area contributed by atoms with Crippen LogP contribution in [0.2, 0.25) is 0 Å². The van der Waals surface area contributed by atoms with Crippen LogP contribution in [0, 0.1) is 6.92 Å². The third-order valence-electron chi connectivity index (χ3n) is 5.78. The maximum atomic E-state index is 12.9. The zero-order valence-electron chi connectivity index (χ0n) is 20.0. The van der Waals surface area contributed by atoms with E-state index in [1.165, 1.54) is 0 Å². The summed E-state index contributed by atoms with van der Waals surface area (Å²) in [7, 11) is 1.62. The second-order valence-electron chi connectivity index (χ2n) is 8.31. The molecule has 0 saturated carbocycles. The first-order valence-electron chi connectivity index (χ1n) is 11.5. The second-order valence-corrected chi connectivity index (χ2v) is 8.31. The molecule has 1 aliphatic rings. The topological polar surface area (TPSA) is 91.9 Å². The zero-order chi connectivity index (χ0) is 24.6. The number of nitrogens with zero attached hydrogens (tertiary/aromatic N) is 1. The van der Waals surface area contributed by atoms with Gasteiger partial charge in [0.05, 0.1) is 31.7 Å². The van der Waals surface area contributed by atoms with E-state index in [1.807, 2.05) is 61.5 Å². The van der Waals surface area contributed by atoms with E-state index in [1.54, 1.807) is 19.2 Å². The van der Waals surface area contributed by atoms with E-state index < -0.39 is 0 Å². The Labute approximate surface area is 205 Å². The number of hydrogen-bond donors (Lipinski definition) is 3. The molecule has 0 aliphatic carbocycles. The molecule has 0 aromatic heterocycles. The normalized spacial score (nSPS) is 13.1. The fourth-order valence-corrected chi connectivity index (χ4v) is 3.81. The Bertz CT molecular complexity index is 1160. The summed E-state index contributed by atoms with van der Waals surface area (Å²) < 4.78 is 10.6. The molecule has 3 amide bonds. The van der Waals surface area contributed by atoms with Crippen molar-refractivity contribution in [1.82, 2.24) is 5.32 Å². The van der Waals surface area contributed by atoms with Crippen LogP contribution in [0.25, 0.3) is 0 Å². The summed E-state index contributed by atoms with van der Waals surface area (Å²) in [5, 5.41) is 8.71. The largest absolute Gasteiger partial charge is 0.497 e. The SMILES string of the molecule is COc1ccc(CNC(=O)c2ccc(N3CCOCC3)c(NC(=O)Nc3ccc(C)cc3)c2)cc1. The summed E-state index contributed by atoms with van der Waals surface area (Å²) in [6.45, 7) is 5.00. The number of nitrogens with one attached hydrogen (secondary N) is 3. The summed E-state index contributed by atoms with van der Waals surface area (Å²) >= 11 is 0. The Kier molecular flexibility index (Phi) is 7.84. The van der Waals surface area contributed by atoms with Crippen LogP contribution in [-0.4, -0.2) is 45.4 Å². The fourth-order valence-electron chi connectivity index (χ4n) is 3.81. The minimum atomic E-state index is -0.376. The summed E-state index contributed by atoms with van der Waals surface area (Å²) in [4.78, 5) is 27.8. The predicted molar refractivity (Wildman–Crippen MR) is 137 cm³/mol. The van der Waals surface area contributed by atoms with Crippen LogP contribution >= 0.6 is 0 Å². The van der Waals surface area contributed by atoms with Crippen molar-refractivity contribution >= 4 is 29.0 Å². The number of ether oxygens (including phenoxy) is 2. The van der Waals surface area contributed by atoms with Crippen LogP contribution in [0.5, 0.6) is 5.75 Å². The monoisotopic (exact) mass is 474 g/mol. The van der Waals surface area contributed by atoms with Crippen molar-refractivity contribution in [2.45, 2.75) is 13.5 Å². The first kappa shape index (κ1) is 24.1. The molecule has 1 heterocycles. The van der Waals surface area contributed by atoms with Crippen LogP contribution in [0.3, 0.4) is 0 Å². The summed E-state index contributed by atoms with van der Waals surface area (Å²) in [5.74, 6) is 0.537. The minimum Gasteiger partial charge on any atom is -0.497 e. The van der Waals surface area contributed by atoms with E-state index in [0.717, 1.165) is 22.6 Å². The second kappa shape index (κ2) is 11.4. The molecule has 0 unspecified atom stereocenters. The molecule has 0 spiro atoms. The third kappa shape index (κ3) is 6.51. The summed E-state index contributed by atoms with van der Waals surface area (Å²) in [6, 6.07) is 20.1. The van der Waals surface area contributed by atoms with Crippen molar-refractivity contribution in [3.63, 3.8) is 0 Å². The Morgan fingerprint density at radius 1 is 0.943 bits per heavy atom. The van der Waals surface area contributed by atoms with Gasteiger partial charge in [-0.1, -0.05) is 29.8 Å². The number of urea groups is 1. The molecule has 8 nitrogen and oxygen atoms in total. The quantitative estimate of drug-likeness (QED) is 0.472. The van der Waals surface area contributed by atoms with Crippen molar-refractivity contribution < 1.29 is 19.1 Å². The number of hydrogen-bond acceptors (Lipinski definition) is 5. The van der Waals surface area contributed by atoms with Gasteiger partial charge in [0.2, 0.25) is 0 Å². The first-order chi connectivity index (χ1) is 17.0. The third-order valence-corrected chi connectivity index (χ3v) is 5.78. The Morgan fingerprint density at radius 2 is 1.66 bits per heavy atom. The van der Waals surface area contributed by atoms with Crippen molar-refractivity contribution in [3.8, 4) is 5.75 Å². The molecule has 1 saturated heterocycles. The molecule has 3 aromatic rings. The average molecular weight is 475 g/mol. The van der Waals surface area contributed by atoms with Crippen LogP contribution in [-0.2, 0) is 11.3 Å². The van der Waals surface area contributed by atoms with Crippen molar-refractivity contribution in [1.29, 1.82) is 0 Å². The molecule has 0 bridgehead atoms. The van der Waals surface area contributed by atoms with Crippen LogP contribution in [0.4, 0.5) is 21.9 Å². The number of amides is 3. The summed E-state index contributed by atoms with van der Waals surface area (Å²) in [6.07, 6.45) is 0. The van der Waals surface area contributed by atoms with Crippen LogP contribution < -0.4 is 25.6 Å². The maximum absolute atomic E-state index is 12.9. The smallest absolute Gasteiger partial charge is 0.323 e. The summed E-state index contributed by atoms with van der Waals surface area (Å²) in [5.41, 5.74) is 4.63. The number of anilines is 3. The zero-order valence-corrected chi connectivity index (χ0v) is 20.0. The molecular formula is C27H30N4O4. The average Bonchev–Trinajstić information content (AvgIpc) is 2.89. The number of benzene rings is 3. The lowest BCUT2D eigenvalue weighted by Gasteiger charge is -2.30. The van der Waals surface area contributed by atoms with E-state index >= 15 is 0 Å². The first-order valence-corrected chi connectivity index (χ1v) is 11.5. The van der Waals surface area contributed by atoms with Gasteiger partial charge >= 0.3 is 6.03 Å². The maximum Gasteiger partial charge on any atom is 0.323 e. The number of carbonyl (C=O) groups is 2. The Morgan fingerprint density at radius 3 is 2.34 bits per heavy atom. The highest BCUT2D eigenvalue weighted by molar-refractivity contribution is 6.04. The van der Waals surface area contributed by atoms with E-state index in [4.69, 9.17) is 9.47 Å². The standard InChI is InChI=1S/C27H30N4O4/c1-19-3-8-22(9-4-19)29-27(33)30-24-17-21(7-12-25(24)31-13-15-35-16-14-31)26(32)28-18-20-5-10-23(34-2)11-6-20/h3-12,17H,13-16,18H2,1-2H3,(H,28,32)(H2,29,30,33). The number of rotatable bonds is 7. The van der Waals surface area contributed by atoms with Gasteiger partial charge in [-0.15, -0.1) is 0 Å². The number of aryl methyl sites for hydroxylation is 1. The Hall–Kier alpha value is -4.04. The lowest BCUT2D eigenvalue weighted by Crippen LogP contribution is -2.37.